The molecule has 0 aromatic rings. The number of carbonyl (C=O) groups excluding carboxylic acids is 1. The number of rotatable bonds is 5. The highest BCUT2D eigenvalue weighted by Crippen LogP contribution is 2.51. The molecule has 0 heterocycles. The fraction of sp³-hybridized carbons (Fsp3) is 0.800. The van der Waals surface area contributed by atoms with Gasteiger partial charge >= 0.3 is 5.97 Å². The van der Waals surface area contributed by atoms with Crippen LogP contribution in [0.4, 0.5) is 0 Å². The third kappa shape index (κ3) is 3.20. The van der Waals surface area contributed by atoms with E-state index in [1.54, 1.807) is 0 Å². The summed E-state index contributed by atoms with van der Waals surface area (Å²) in [6.07, 6.45) is -0.466. The smallest absolute Gasteiger partial charge is 0.332 e. The SMILES string of the molecule is CC1(C)CC1C(=O)NCC[C@H](O)C(=O)O. The number of aliphatic carboxylic acids is 1. The predicted octanol–water partition coefficient (Wildman–Crippen LogP) is -0.0157. The van der Waals surface area contributed by atoms with Crippen LogP contribution < -0.4 is 5.32 Å². The zero-order chi connectivity index (χ0) is 11.6. The zero-order valence-corrected chi connectivity index (χ0v) is 8.99. The number of aliphatic hydroxyl groups excluding tert-OH is 1. The van der Waals surface area contributed by atoms with Crippen LogP contribution in [-0.4, -0.2) is 34.7 Å². The molecule has 5 heteroatoms. The van der Waals surface area contributed by atoms with E-state index in [1.807, 2.05) is 13.8 Å². The molecule has 1 rings (SSSR count). The third-order valence-corrected chi connectivity index (χ3v) is 2.83. The van der Waals surface area contributed by atoms with Gasteiger partial charge in [-0.2, -0.15) is 0 Å². The highest BCUT2D eigenvalue weighted by Gasteiger charge is 2.50. The second-order valence-corrected chi connectivity index (χ2v) is 4.68. The summed E-state index contributed by atoms with van der Waals surface area (Å²) >= 11 is 0. The number of carboxylic acid groups (broad SMARTS) is 1. The highest BCUT2D eigenvalue weighted by atomic mass is 16.4. The van der Waals surface area contributed by atoms with Crippen LogP contribution in [0.15, 0.2) is 0 Å². The van der Waals surface area contributed by atoms with Gasteiger partial charge in [0, 0.05) is 18.9 Å². The number of amides is 1. The topological polar surface area (TPSA) is 86.6 Å². The standard InChI is InChI=1S/C10H17NO4/c1-10(2)5-6(10)8(13)11-4-3-7(12)9(14)15/h6-7,12H,3-5H2,1-2H3,(H,11,13)(H,14,15)/t6?,7-/m0/s1. The Labute approximate surface area is 88.5 Å². The van der Waals surface area contributed by atoms with Crippen molar-refractivity contribution in [2.24, 2.45) is 11.3 Å². The van der Waals surface area contributed by atoms with Gasteiger partial charge in [-0.05, 0) is 11.8 Å². The Hall–Kier alpha value is -1.10. The van der Waals surface area contributed by atoms with E-state index < -0.39 is 12.1 Å². The number of hydrogen-bond donors (Lipinski definition) is 3. The molecule has 1 saturated carbocycles. The predicted molar refractivity (Wildman–Crippen MR) is 53.2 cm³/mol. The molecule has 0 saturated heterocycles. The first kappa shape index (κ1) is 12.0. The van der Waals surface area contributed by atoms with Crippen molar-refractivity contribution in [2.75, 3.05) is 6.54 Å². The lowest BCUT2D eigenvalue weighted by atomic mass is 10.1. The van der Waals surface area contributed by atoms with Crippen LogP contribution in [-0.2, 0) is 9.59 Å². The molecule has 0 bridgehead atoms. The third-order valence-electron chi connectivity index (χ3n) is 2.83. The average Bonchev–Trinajstić information content (AvgIpc) is 2.74. The molecule has 0 aromatic carbocycles. The Kier molecular flexibility index (Phi) is 3.34. The molecular formula is C10H17NO4. The summed E-state index contributed by atoms with van der Waals surface area (Å²) in [5, 5.41) is 20.0. The van der Waals surface area contributed by atoms with Crippen LogP contribution in [0.2, 0.25) is 0 Å². The van der Waals surface area contributed by atoms with Crippen molar-refractivity contribution < 1.29 is 19.8 Å². The number of hydrogen-bond acceptors (Lipinski definition) is 3. The van der Waals surface area contributed by atoms with Crippen molar-refractivity contribution in [1.82, 2.24) is 5.32 Å². The van der Waals surface area contributed by atoms with Crippen LogP contribution >= 0.6 is 0 Å². The summed E-state index contributed by atoms with van der Waals surface area (Å²) in [5.74, 6) is -1.26. The first-order valence-electron chi connectivity index (χ1n) is 5.03. The lowest BCUT2D eigenvalue weighted by molar-refractivity contribution is -0.147. The summed E-state index contributed by atoms with van der Waals surface area (Å²) in [4.78, 5) is 21.7. The first-order chi connectivity index (χ1) is 6.84. The zero-order valence-electron chi connectivity index (χ0n) is 8.99. The normalized spacial score (nSPS) is 24.3. The van der Waals surface area contributed by atoms with Gasteiger partial charge in [-0.1, -0.05) is 13.8 Å². The van der Waals surface area contributed by atoms with E-state index in [4.69, 9.17) is 10.2 Å². The molecule has 86 valence electrons. The Morgan fingerprint density at radius 1 is 1.53 bits per heavy atom. The molecule has 1 fully saturated rings. The number of carboxylic acids is 1. The molecule has 1 amide bonds. The van der Waals surface area contributed by atoms with E-state index in [1.165, 1.54) is 0 Å². The molecule has 15 heavy (non-hydrogen) atoms. The Balaban J connectivity index is 2.16. The van der Waals surface area contributed by atoms with E-state index >= 15 is 0 Å². The van der Waals surface area contributed by atoms with Crippen molar-refractivity contribution in [3.05, 3.63) is 0 Å². The number of aliphatic hydroxyl groups is 1. The van der Waals surface area contributed by atoms with E-state index in [9.17, 15) is 9.59 Å². The van der Waals surface area contributed by atoms with Crippen LogP contribution in [0.1, 0.15) is 26.7 Å². The summed E-state index contributed by atoms with van der Waals surface area (Å²) in [6.45, 7) is 4.24. The average molecular weight is 215 g/mol. The second kappa shape index (κ2) is 4.18. The fourth-order valence-electron chi connectivity index (χ4n) is 1.49. The quantitative estimate of drug-likeness (QED) is 0.601. The largest absolute Gasteiger partial charge is 0.479 e. The van der Waals surface area contributed by atoms with Crippen LogP contribution in [0.3, 0.4) is 0 Å². The lowest BCUT2D eigenvalue weighted by Crippen LogP contribution is -2.31. The molecule has 5 nitrogen and oxygen atoms in total. The molecule has 1 aliphatic carbocycles. The van der Waals surface area contributed by atoms with Gasteiger partial charge in [0.15, 0.2) is 6.10 Å². The Bertz CT molecular complexity index is 275. The first-order valence-corrected chi connectivity index (χ1v) is 5.03. The van der Waals surface area contributed by atoms with Crippen molar-refractivity contribution in [3.8, 4) is 0 Å². The van der Waals surface area contributed by atoms with Gasteiger partial charge in [0.25, 0.3) is 0 Å². The minimum atomic E-state index is -1.39. The minimum absolute atomic E-state index is 0.0412. The van der Waals surface area contributed by atoms with Gasteiger partial charge < -0.3 is 15.5 Å². The van der Waals surface area contributed by atoms with Gasteiger partial charge in [-0.3, -0.25) is 4.79 Å². The van der Waals surface area contributed by atoms with Crippen molar-refractivity contribution in [1.29, 1.82) is 0 Å². The molecular weight excluding hydrogens is 198 g/mol. The van der Waals surface area contributed by atoms with Crippen molar-refractivity contribution in [3.63, 3.8) is 0 Å². The van der Waals surface area contributed by atoms with Crippen molar-refractivity contribution in [2.45, 2.75) is 32.8 Å². The summed E-state index contributed by atoms with van der Waals surface area (Å²) in [6, 6.07) is 0. The second-order valence-electron chi connectivity index (χ2n) is 4.68. The molecule has 0 aromatic heterocycles. The van der Waals surface area contributed by atoms with Gasteiger partial charge in [0.05, 0.1) is 0 Å². The maximum Gasteiger partial charge on any atom is 0.332 e. The molecule has 0 spiro atoms. The summed E-state index contributed by atoms with van der Waals surface area (Å²) in [7, 11) is 0. The van der Waals surface area contributed by atoms with Gasteiger partial charge in [0.1, 0.15) is 0 Å². The number of carbonyl (C=O) groups is 2. The number of nitrogens with one attached hydrogen (secondary N) is 1. The van der Waals surface area contributed by atoms with Crippen molar-refractivity contribution >= 4 is 11.9 Å². The maximum absolute atomic E-state index is 11.4. The van der Waals surface area contributed by atoms with Gasteiger partial charge in [-0.15, -0.1) is 0 Å². The molecule has 0 aliphatic heterocycles. The molecule has 3 N–H and O–H groups in total. The fourth-order valence-corrected chi connectivity index (χ4v) is 1.49. The van der Waals surface area contributed by atoms with Crippen LogP contribution in [0.25, 0.3) is 0 Å². The van der Waals surface area contributed by atoms with E-state index in [0.29, 0.717) is 0 Å². The molecule has 0 radical (unpaired) electrons. The molecule has 1 aliphatic rings. The highest BCUT2D eigenvalue weighted by molar-refractivity contribution is 5.82. The molecule has 2 atom stereocenters. The minimum Gasteiger partial charge on any atom is -0.479 e. The van der Waals surface area contributed by atoms with Gasteiger partial charge in [-0.25, -0.2) is 4.79 Å². The molecule has 1 unspecified atom stereocenters. The Morgan fingerprint density at radius 2 is 2.07 bits per heavy atom. The Morgan fingerprint density at radius 3 is 2.47 bits per heavy atom. The van der Waals surface area contributed by atoms with E-state index in [-0.39, 0.29) is 30.2 Å². The van der Waals surface area contributed by atoms with E-state index in [2.05, 4.69) is 5.32 Å². The summed E-state index contributed by atoms with van der Waals surface area (Å²) < 4.78 is 0. The van der Waals surface area contributed by atoms with Gasteiger partial charge in [0.2, 0.25) is 5.91 Å². The lowest BCUT2D eigenvalue weighted by Gasteiger charge is -2.08. The summed E-state index contributed by atoms with van der Waals surface area (Å²) in [5.41, 5.74) is 0.0789. The monoisotopic (exact) mass is 215 g/mol. The van der Waals surface area contributed by atoms with E-state index in [0.717, 1.165) is 6.42 Å². The van der Waals surface area contributed by atoms with Crippen LogP contribution in [0.5, 0.6) is 0 Å². The maximum atomic E-state index is 11.4. The van der Waals surface area contributed by atoms with Crippen LogP contribution in [0, 0.1) is 11.3 Å².